The molecule has 0 amide bonds. The quantitative estimate of drug-likeness (QED) is 0.0802. The molecular formula is C37H51N2O2+. The van der Waals surface area contributed by atoms with Gasteiger partial charge in [-0.3, -0.25) is 0 Å². The van der Waals surface area contributed by atoms with Crippen LogP contribution in [0.25, 0.3) is 10.8 Å². The highest BCUT2D eigenvalue weighted by atomic mass is 16.5. The van der Waals surface area contributed by atoms with Crippen molar-refractivity contribution in [1.29, 1.82) is 0 Å². The van der Waals surface area contributed by atoms with E-state index in [-0.39, 0.29) is 0 Å². The van der Waals surface area contributed by atoms with E-state index in [1.165, 1.54) is 75.3 Å². The summed E-state index contributed by atoms with van der Waals surface area (Å²) in [5.41, 5.74) is 2.48. The monoisotopic (exact) mass is 555 g/mol. The van der Waals surface area contributed by atoms with Crippen molar-refractivity contribution in [2.45, 2.75) is 104 Å². The van der Waals surface area contributed by atoms with Gasteiger partial charge in [0.15, 0.2) is 0 Å². The zero-order chi connectivity index (χ0) is 28.5. The van der Waals surface area contributed by atoms with Crippen LogP contribution in [0.4, 0.5) is 0 Å². The zero-order valence-corrected chi connectivity index (χ0v) is 25.5. The fourth-order valence-electron chi connectivity index (χ4n) is 5.52. The molecule has 0 spiro atoms. The van der Waals surface area contributed by atoms with Crippen molar-refractivity contribution in [3.63, 3.8) is 0 Å². The molecule has 41 heavy (non-hydrogen) atoms. The Bertz CT molecular complexity index is 1280. The van der Waals surface area contributed by atoms with Gasteiger partial charge in [0.25, 0.3) is 0 Å². The second-order valence-corrected chi connectivity index (χ2v) is 11.4. The molecule has 0 bridgehead atoms. The van der Waals surface area contributed by atoms with Gasteiger partial charge in [0, 0.05) is 16.3 Å². The highest BCUT2D eigenvalue weighted by Gasteiger charge is 2.17. The lowest BCUT2D eigenvalue weighted by atomic mass is 10.0. The second kappa shape index (κ2) is 17.5. The zero-order valence-electron chi connectivity index (χ0n) is 25.5. The number of aromatic nitrogens is 2. The SMILES string of the molecule is CCCCCCCCOc1cc(Cn2cc[n+](Cc3ccccc3)c2)c(OCCCCCCCC)c2ccccc12. The average molecular weight is 556 g/mol. The van der Waals surface area contributed by atoms with E-state index in [4.69, 9.17) is 9.47 Å². The van der Waals surface area contributed by atoms with Crippen LogP contribution < -0.4 is 14.0 Å². The number of fused-ring (bicyclic) bond motifs is 1. The second-order valence-electron chi connectivity index (χ2n) is 11.4. The summed E-state index contributed by atoms with van der Waals surface area (Å²) in [7, 11) is 0. The minimum Gasteiger partial charge on any atom is -0.493 e. The van der Waals surface area contributed by atoms with Gasteiger partial charge in [-0.1, -0.05) is 133 Å². The Morgan fingerprint density at radius 2 is 1.27 bits per heavy atom. The first kappa shape index (κ1) is 30.7. The van der Waals surface area contributed by atoms with Gasteiger partial charge >= 0.3 is 0 Å². The Hall–Kier alpha value is -3.27. The molecule has 0 fully saturated rings. The first-order valence-corrected chi connectivity index (χ1v) is 16.2. The molecule has 4 nitrogen and oxygen atoms in total. The van der Waals surface area contributed by atoms with Crippen molar-refractivity contribution < 1.29 is 14.0 Å². The molecule has 4 heteroatoms. The summed E-state index contributed by atoms with van der Waals surface area (Å²) in [6, 6.07) is 21.4. The van der Waals surface area contributed by atoms with Crippen LogP contribution in [-0.2, 0) is 13.1 Å². The van der Waals surface area contributed by atoms with E-state index >= 15 is 0 Å². The predicted octanol–water partition coefficient (Wildman–Crippen LogP) is 9.50. The van der Waals surface area contributed by atoms with E-state index < -0.39 is 0 Å². The summed E-state index contributed by atoms with van der Waals surface area (Å²) in [4.78, 5) is 0. The first-order chi connectivity index (χ1) is 20.3. The van der Waals surface area contributed by atoms with Crippen LogP contribution in [0.15, 0.2) is 79.4 Å². The summed E-state index contributed by atoms with van der Waals surface area (Å²) >= 11 is 0. The Balaban J connectivity index is 1.50. The number of unbranched alkanes of at least 4 members (excludes halogenated alkanes) is 10. The highest BCUT2D eigenvalue weighted by Crippen LogP contribution is 2.37. The van der Waals surface area contributed by atoms with Crippen LogP contribution in [0, 0.1) is 0 Å². The summed E-state index contributed by atoms with van der Waals surface area (Å²) in [5, 5.41) is 2.30. The number of hydrogen-bond acceptors (Lipinski definition) is 2. The van der Waals surface area contributed by atoms with E-state index in [0.29, 0.717) is 0 Å². The summed E-state index contributed by atoms with van der Waals surface area (Å²) in [5.74, 6) is 1.98. The molecule has 4 aromatic rings. The Labute approximate surface area is 248 Å². The van der Waals surface area contributed by atoms with Gasteiger partial charge in [0.1, 0.15) is 37.0 Å². The van der Waals surface area contributed by atoms with E-state index in [0.717, 1.165) is 61.4 Å². The number of rotatable bonds is 20. The van der Waals surface area contributed by atoms with Gasteiger partial charge < -0.3 is 9.47 Å². The standard InChI is InChI=1S/C37H51N2O2/c1-3-5-7-9-11-18-26-40-36-28-33(30-39-25-24-38(31-39)29-32-20-14-13-15-21-32)37(35-23-17-16-22-34(35)36)41-27-19-12-10-8-6-4-2/h13-17,20-25,28,31H,3-12,18-19,26-27,29-30H2,1-2H3/q+1. The van der Waals surface area contributed by atoms with Gasteiger partial charge in [-0.05, 0) is 24.5 Å². The lowest BCUT2D eigenvalue weighted by Gasteiger charge is -2.17. The molecule has 4 rings (SSSR count). The molecule has 220 valence electrons. The van der Waals surface area contributed by atoms with E-state index in [2.05, 4.69) is 102 Å². The molecule has 0 N–H and O–H groups in total. The van der Waals surface area contributed by atoms with Crippen LogP contribution in [-0.4, -0.2) is 17.8 Å². The molecule has 1 aromatic heterocycles. The largest absolute Gasteiger partial charge is 0.493 e. The molecule has 0 unspecified atom stereocenters. The minimum atomic E-state index is 0.742. The molecule has 0 saturated heterocycles. The van der Waals surface area contributed by atoms with Crippen molar-refractivity contribution >= 4 is 10.8 Å². The summed E-state index contributed by atoms with van der Waals surface area (Å²) < 4.78 is 17.5. The van der Waals surface area contributed by atoms with Crippen molar-refractivity contribution in [2.75, 3.05) is 13.2 Å². The smallest absolute Gasteiger partial charge is 0.244 e. The van der Waals surface area contributed by atoms with Gasteiger partial charge in [0.2, 0.25) is 6.33 Å². The van der Waals surface area contributed by atoms with Crippen molar-refractivity contribution in [1.82, 2.24) is 4.57 Å². The summed E-state index contributed by atoms with van der Waals surface area (Å²) in [6.07, 6.45) is 21.6. The third-order valence-corrected chi connectivity index (χ3v) is 7.84. The number of benzene rings is 3. The van der Waals surface area contributed by atoms with Crippen LogP contribution >= 0.6 is 0 Å². The maximum atomic E-state index is 6.59. The van der Waals surface area contributed by atoms with Gasteiger partial charge in [0.05, 0.1) is 13.2 Å². The number of nitrogens with zero attached hydrogens (tertiary/aromatic N) is 2. The van der Waals surface area contributed by atoms with Crippen LogP contribution in [0.2, 0.25) is 0 Å². The van der Waals surface area contributed by atoms with Crippen molar-refractivity contribution in [3.8, 4) is 11.5 Å². The first-order valence-electron chi connectivity index (χ1n) is 16.2. The molecular weight excluding hydrogens is 504 g/mol. The lowest BCUT2D eigenvalue weighted by Crippen LogP contribution is -2.31. The number of imidazole rings is 1. The Morgan fingerprint density at radius 1 is 0.659 bits per heavy atom. The Morgan fingerprint density at radius 3 is 1.98 bits per heavy atom. The van der Waals surface area contributed by atoms with Gasteiger partial charge in [-0.25, -0.2) is 9.13 Å². The lowest BCUT2D eigenvalue weighted by molar-refractivity contribution is -0.687. The van der Waals surface area contributed by atoms with E-state index in [1.807, 2.05) is 0 Å². The normalized spacial score (nSPS) is 11.3. The fourth-order valence-corrected chi connectivity index (χ4v) is 5.52. The van der Waals surface area contributed by atoms with E-state index in [9.17, 15) is 0 Å². The van der Waals surface area contributed by atoms with Gasteiger partial charge in [-0.2, -0.15) is 0 Å². The van der Waals surface area contributed by atoms with Gasteiger partial charge in [-0.15, -0.1) is 0 Å². The maximum absolute atomic E-state index is 6.59. The Kier molecular flexibility index (Phi) is 13.1. The number of hydrogen-bond donors (Lipinski definition) is 0. The molecule has 0 saturated carbocycles. The third-order valence-electron chi connectivity index (χ3n) is 7.84. The molecule has 0 aliphatic rings. The van der Waals surface area contributed by atoms with Crippen LogP contribution in [0.5, 0.6) is 11.5 Å². The minimum absolute atomic E-state index is 0.742. The number of ether oxygens (including phenoxy) is 2. The third kappa shape index (κ3) is 9.95. The van der Waals surface area contributed by atoms with E-state index in [1.54, 1.807) is 0 Å². The highest BCUT2D eigenvalue weighted by molar-refractivity contribution is 5.94. The molecule has 0 aliphatic heterocycles. The van der Waals surface area contributed by atoms with Crippen LogP contribution in [0.3, 0.4) is 0 Å². The fraction of sp³-hybridized carbons (Fsp3) is 0.486. The molecule has 0 aliphatic carbocycles. The molecule has 0 atom stereocenters. The molecule has 3 aromatic carbocycles. The summed E-state index contributed by atoms with van der Waals surface area (Å²) in [6.45, 7) is 7.65. The van der Waals surface area contributed by atoms with Crippen molar-refractivity contribution in [2.24, 2.45) is 0 Å². The topological polar surface area (TPSA) is 27.3 Å². The predicted molar refractivity (Wildman–Crippen MR) is 171 cm³/mol. The molecule has 0 radical (unpaired) electrons. The van der Waals surface area contributed by atoms with Crippen LogP contribution in [0.1, 0.15) is 102 Å². The maximum Gasteiger partial charge on any atom is 0.244 e. The molecule has 1 heterocycles. The van der Waals surface area contributed by atoms with Crippen molar-refractivity contribution in [3.05, 3.63) is 90.5 Å². The average Bonchev–Trinajstić information content (AvgIpc) is 3.44.